The predicted octanol–water partition coefficient (Wildman–Crippen LogP) is 3.80. The van der Waals surface area contributed by atoms with Crippen molar-refractivity contribution in [3.8, 4) is 0 Å². The third-order valence-electron chi connectivity index (χ3n) is 4.20. The number of fused-ring (bicyclic) bond motifs is 1. The maximum atomic E-state index is 13.1. The van der Waals surface area contributed by atoms with Gasteiger partial charge < -0.3 is 5.32 Å². The van der Waals surface area contributed by atoms with Gasteiger partial charge in [-0.15, -0.1) is 5.10 Å². The first-order chi connectivity index (χ1) is 14.1. The summed E-state index contributed by atoms with van der Waals surface area (Å²) < 4.78 is 1.57. The molecule has 144 valence electrons. The summed E-state index contributed by atoms with van der Waals surface area (Å²) in [6, 6.07) is 18.1. The first-order valence-electron chi connectivity index (χ1n) is 8.91. The van der Waals surface area contributed by atoms with Crippen molar-refractivity contribution < 1.29 is 9.59 Å². The lowest BCUT2D eigenvalue weighted by molar-refractivity contribution is -0.115. The number of amides is 1. The second-order valence-electron chi connectivity index (χ2n) is 6.29. The van der Waals surface area contributed by atoms with Gasteiger partial charge in [0, 0.05) is 23.6 Å². The molecule has 0 radical (unpaired) electrons. The lowest BCUT2D eigenvalue weighted by Crippen LogP contribution is -2.19. The molecule has 0 unspecified atom stereocenters. The van der Waals surface area contributed by atoms with Crippen molar-refractivity contribution in [1.29, 1.82) is 0 Å². The molecule has 1 amide bonds. The minimum Gasteiger partial charge on any atom is -0.325 e. The van der Waals surface area contributed by atoms with Gasteiger partial charge in [0.15, 0.2) is 5.78 Å². The summed E-state index contributed by atoms with van der Waals surface area (Å²) in [6.07, 6.45) is 3.39. The molecule has 4 aromatic rings. The zero-order valence-corrected chi connectivity index (χ0v) is 16.3. The number of nitrogens with zero attached hydrogens (tertiary/aromatic N) is 4. The van der Waals surface area contributed by atoms with Crippen LogP contribution in [0.1, 0.15) is 28.1 Å². The number of aromatic nitrogens is 4. The molecular weight excluding hydrogens is 386 g/mol. The summed E-state index contributed by atoms with van der Waals surface area (Å²) in [5.74, 6) is 0.182. The van der Waals surface area contributed by atoms with Crippen molar-refractivity contribution in [1.82, 2.24) is 19.6 Å². The molecule has 4 rings (SSSR count). The standard InChI is InChI=1S/C21H17N5O2S/c1-14(27)16-9-5-10-17(13-16)23-19(28)18(15-7-3-2-4-8-15)29-21-24-20-22-11-6-12-26(20)25-21/h2-13,18H,1H3,(H,23,28)/t18-/m0/s1. The maximum Gasteiger partial charge on any atom is 0.253 e. The molecule has 0 aliphatic heterocycles. The monoisotopic (exact) mass is 403 g/mol. The molecule has 1 atom stereocenters. The van der Waals surface area contributed by atoms with Gasteiger partial charge in [-0.05, 0) is 30.7 Å². The van der Waals surface area contributed by atoms with Crippen LogP contribution in [0.25, 0.3) is 5.78 Å². The number of Topliss-reactive ketones (excluding diaryl/α,β-unsaturated/α-hetero) is 1. The second-order valence-corrected chi connectivity index (χ2v) is 7.37. The summed E-state index contributed by atoms with van der Waals surface area (Å²) in [4.78, 5) is 33.3. The van der Waals surface area contributed by atoms with E-state index in [4.69, 9.17) is 0 Å². The van der Waals surface area contributed by atoms with Crippen LogP contribution in [0.3, 0.4) is 0 Å². The van der Waals surface area contributed by atoms with Crippen molar-refractivity contribution in [2.75, 3.05) is 5.32 Å². The van der Waals surface area contributed by atoms with Gasteiger partial charge in [0.2, 0.25) is 11.1 Å². The van der Waals surface area contributed by atoms with Gasteiger partial charge in [0.05, 0.1) is 0 Å². The third kappa shape index (κ3) is 4.33. The molecule has 0 bridgehead atoms. The fraction of sp³-hybridized carbons (Fsp3) is 0.0952. The van der Waals surface area contributed by atoms with Crippen molar-refractivity contribution in [3.63, 3.8) is 0 Å². The van der Waals surface area contributed by atoms with Crippen LogP contribution in [0.15, 0.2) is 78.2 Å². The van der Waals surface area contributed by atoms with Crippen molar-refractivity contribution in [2.45, 2.75) is 17.3 Å². The maximum absolute atomic E-state index is 13.1. The molecule has 0 spiro atoms. The smallest absolute Gasteiger partial charge is 0.253 e. The highest BCUT2D eigenvalue weighted by Crippen LogP contribution is 2.34. The van der Waals surface area contributed by atoms with Crippen LogP contribution < -0.4 is 5.32 Å². The molecule has 1 N–H and O–H groups in total. The Kier molecular flexibility index (Phi) is 5.35. The first-order valence-corrected chi connectivity index (χ1v) is 9.79. The number of benzene rings is 2. The van der Waals surface area contributed by atoms with Crippen LogP contribution in [-0.2, 0) is 4.79 Å². The quantitative estimate of drug-likeness (QED) is 0.389. The molecule has 7 nitrogen and oxygen atoms in total. The lowest BCUT2D eigenvalue weighted by atomic mass is 10.1. The third-order valence-corrected chi connectivity index (χ3v) is 5.30. The number of hydrogen-bond donors (Lipinski definition) is 1. The van der Waals surface area contributed by atoms with Crippen LogP contribution >= 0.6 is 11.8 Å². The Morgan fingerprint density at radius 3 is 2.66 bits per heavy atom. The molecular formula is C21H17N5O2S. The molecule has 0 fully saturated rings. The summed E-state index contributed by atoms with van der Waals surface area (Å²) in [6.45, 7) is 1.49. The SMILES string of the molecule is CC(=O)c1cccc(NC(=O)[C@@H](Sc2nc3ncccn3n2)c2ccccc2)c1. The molecule has 0 saturated carbocycles. The molecule has 2 aromatic heterocycles. The number of carbonyl (C=O) groups excluding carboxylic acids is 2. The van der Waals surface area contributed by atoms with Crippen LogP contribution in [0.4, 0.5) is 5.69 Å². The van der Waals surface area contributed by atoms with Crippen LogP contribution in [-0.4, -0.2) is 31.3 Å². The van der Waals surface area contributed by atoms with Crippen LogP contribution in [0.5, 0.6) is 0 Å². The number of thioether (sulfide) groups is 1. The normalized spacial score (nSPS) is 11.9. The number of nitrogens with one attached hydrogen (secondary N) is 1. The Balaban J connectivity index is 1.62. The Morgan fingerprint density at radius 2 is 1.90 bits per heavy atom. The summed E-state index contributed by atoms with van der Waals surface area (Å²) in [5, 5.41) is 7.16. The van der Waals surface area contributed by atoms with E-state index in [1.54, 1.807) is 47.2 Å². The van der Waals surface area contributed by atoms with E-state index in [0.717, 1.165) is 5.56 Å². The summed E-state index contributed by atoms with van der Waals surface area (Å²) in [7, 11) is 0. The second kappa shape index (κ2) is 8.24. The largest absolute Gasteiger partial charge is 0.325 e. The van der Waals surface area contributed by atoms with Gasteiger partial charge in [-0.2, -0.15) is 4.98 Å². The zero-order valence-electron chi connectivity index (χ0n) is 15.5. The number of rotatable bonds is 6. The predicted molar refractivity (Wildman–Crippen MR) is 111 cm³/mol. The first kappa shape index (κ1) is 18.8. The van der Waals surface area contributed by atoms with E-state index < -0.39 is 5.25 Å². The molecule has 29 heavy (non-hydrogen) atoms. The van der Waals surface area contributed by atoms with E-state index in [1.165, 1.54) is 18.7 Å². The molecule has 0 saturated heterocycles. The highest BCUT2D eigenvalue weighted by molar-refractivity contribution is 8.00. The summed E-state index contributed by atoms with van der Waals surface area (Å²) >= 11 is 1.24. The van der Waals surface area contributed by atoms with Crippen molar-refractivity contribution in [2.24, 2.45) is 0 Å². The lowest BCUT2D eigenvalue weighted by Gasteiger charge is -2.15. The fourth-order valence-corrected chi connectivity index (χ4v) is 3.73. The Labute approximate surface area is 171 Å². The molecule has 8 heteroatoms. The molecule has 0 aliphatic rings. The number of hydrogen-bond acceptors (Lipinski definition) is 6. The van der Waals surface area contributed by atoms with Gasteiger partial charge in [0.25, 0.3) is 5.78 Å². The van der Waals surface area contributed by atoms with Gasteiger partial charge in [0.1, 0.15) is 5.25 Å². The Hall–Kier alpha value is -3.52. The van der Waals surface area contributed by atoms with E-state index >= 15 is 0 Å². The van der Waals surface area contributed by atoms with Crippen molar-refractivity contribution in [3.05, 3.63) is 84.2 Å². The van der Waals surface area contributed by atoms with Gasteiger partial charge >= 0.3 is 0 Å². The highest BCUT2D eigenvalue weighted by atomic mass is 32.2. The van der Waals surface area contributed by atoms with Crippen LogP contribution in [0, 0.1) is 0 Å². The molecule has 2 aromatic carbocycles. The topological polar surface area (TPSA) is 89.2 Å². The van der Waals surface area contributed by atoms with E-state index in [9.17, 15) is 9.59 Å². The number of anilines is 1. The fourth-order valence-electron chi connectivity index (χ4n) is 2.79. The van der Waals surface area contributed by atoms with Crippen LogP contribution in [0.2, 0.25) is 0 Å². The zero-order chi connectivity index (χ0) is 20.2. The molecule has 2 heterocycles. The molecule has 0 aliphatic carbocycles. The number of ketones is 1. The van der Waals surface area contributed by atoms with E-state index in [-0.39, 0.29) is 11.7 Å². The van der Waals surface area contributed by atoms with Crippen molar-refractivity contribution >= 4 is 34.9 Å². The summed E-state index contributed by atoms with van der Waals surface area (Å²) in [5.41, 5.74) is 1.93. The van der Waals surface area contributed by atoms with E-state index in [0.29, 0.717) is 22.2 Å². The van der Waals surface area contributed by atoms with Gasteiger partial charge in [-0.3, -0.25) is 9.59 Å². The minimum absolute atomic E-state index is 0.0588. The number of carbonyl (C=O) groups is 2. The Morgan fingerprint density at radius 1 is 1.07 bits per heavy atom. The highest BCUT2D eigenvalue weighted by Gasteiger charge is 2.24. The van der Waals surface area contributed by atoms with E-state index in [2.05, 4.69) is 20.4 Å². The average molecular weight is 403 g/mol. The van der Waals surface area contributed by atoms with E-state index in [1.807, 2.05) is 30.3 Å². The van der Waals surface area contributed by atoms with Gasteiger partial charge in [-0.1, -0.05) is 54.2 Å². The minimum atomic E-state index is -0.574. The van der Waals surface area contributed by atoms with Gasteiger partial charge in [-0.25, -0.2) is 9.50 Å². The average Bonchev–Trinajstić information content (AvgIpc) is 3.15. The Bertz CT molecular complexity index is 1140.